The number of nitrogens with zero attached hydrogens (tertiary/aromatic N) is 4. The van der Waals surface area contributed by atoms with Gasteiger partial charge in [0.25, 0.3) is 0 Å². The highest BCUT2D eigenvalue weighted by molar-refractivity contribution is 7.89. The van der Waals surface area contributed by atoms with Crippen LogP contribution in [0.2, 0.25) is 0 Å². The van der Waals surface area contributed by atoms with E-state index in [0.29, 0.717) is 37.4 Å². The molecule has 1 aromatic carbocycles. The van der Waals surface area contributed by atoms with Crippen molar-refractivity contribution in [3.63, 3.8) is 0 Å². The molecule has 34 heavy (non-hydrogen) atoms. The van der Waals surface area contributed by atoms with Crippen molar-refractivity contribution >= 4 is 15.9 Å². The molecule has 2 saturated heterocycles. The third-order valence-electron chi connectivity index (χ3n) is 6.93. The van der Waals surface area contributed by atoms with Crippen LogP contribution in [-0.4, -0.2) is 86.5 Å². The number of ether oxygens (including phenoxy) is 1. The number of methoxy groups -OCH3 is 1. The molecule has 10 heteroatoms. The second-order valence-corrected chi connectivity index (χ2v) is 11.0. The first-order valence-electron chi connectivity index (χ1n) is 11.9. The van der Waals surface area contributed by atoms with Gasteiger partial charge in [-0.3, -0.25) is 9.69 Å². The minimum atomic E-state index is -3.66. The lowest BCUT2D eigenvalue weighted by Gasteiger charge is -2.38. The molecule has 1 aromatic heterocycles. The molecule has 4 rings (SSSR count). The van der Waals surface area contributed by atoms with Crippen molar-refractivity contribution in [1.29, 1.82) is 0 Å². The summed E-state index contributed by atoms with van der Waals surface area (Å²) in [7, 11) is -1.99. The van der Waals surface area contributed by atoms with Gasteiger partial charge in [-0.05, 0) is 50.8 Å². The molecule has 2 aliphatic heterocycles. The van der Waals surface area contributed by atoms with E-state index in [1.807, 2.05) is 17.0 Å². The largest absolute Gasteiger partial charge is 0.497 e. The summed E-state index contributed by atoms with van der Waals surface area (Å²) in [6, 6.07) is 8.15. The van der Waals surface area contributed by atoms with Crippen LogP contribution in [0.1, 0.15) is 29.9 Å². The molecule has 2 aromatic rings. The van der Waals surface area contributed by atoms with E-state index >= 15 is 0 Å². The first-order valence-corrected chi connectivity index (χ1v) is 13.3. The van der Waals surface area contributed by atoms with Crippen LogP contribution < -0.4 is 4.74 Å². The molecule has 0 bridgehead atoms. The van der Waals surface area contributed by atoms with Crippen LogP contribution >= 0.6 is 0 Å². The number of carbonyl (C=O) groups is 1. The Morgan fingerprint density at radius 2 is 1.71 bits per heavy atom. The molecule has 1 amide bonds. The number of hydrogen-bond donors (Lipinski definition) is 0. The molecule has 0 radical (unpaired) electrons. The van der Waals surface area contributed by atoms with Gasteiger partial charge in [0, 0.05) is 51.7 Å². The standard InChI is InChI=1S/C24H34N4O5S/c1-18-23(19(2)33-25-18)34(30,31)28-12-9-21(10-13-28)24(29)27-16-14-26(15-17-27)11-8-20-4-6-22(32-3)7-5-20/h4-7,21H,8-17H2,1-3H3. The number of benzene rings is 1. The van der Waals surface area contributed by atoms with Crippen molar-refractivity contribution in [2.24, 2.45) is 5.92 Å². The summed E-state index contributed by atoms with van der Waals surface area (Å²) >= 11 is 0. The second-order valence-electron chi connectivity index (χ2n) is 9.10. The van der Waals surface area contributed by atoms with Crippen LogP contribution in [0.15, 0.2) is 33.7 Å². The van der Waals surface area contributed by atoms with E-state index in [-0.39, 0.29) is 16.7 Å². The van der Waals surface area contributed by atoms with Gasteiger partial charge >= 0.3 is 0 Å². The number of amides is 1. The number of hydrogen-bond acceptors (Lipinski definition) is 7. The molecule has 0 spiro atoms. The zero-order chi connectivity index (χ0) is 24.3. The fourth-order valence-electron chi connectivity index (χ4n) is 4.84. The van der Waals surface area contributed by atoms with Crippen molar-refractivity contribution < 1.29 is 22.5 Å². The Hall–Kier alpha value is -2.43. The number of aryl methyl sites for hydroxylation is 2. The molecular weight excluding hydrogens is 456 g/mol. The second kappa shape index (κ2) is 10.5. The lowest BCUT2D eigenvalue weighted by Crippen LogP contribution is -2.52. The molecule has 186 valence electrons. The highest BCUT2D eigenvalue weighted by Gasteiger charge is 2.37. The molecule has 0 saturated carbocycles. The van der Waals surface area contributed by atoms with Crippen molar-refractivity contribution in [3.05, 3.63) is 41.3 Å². The molecule has 0 atom stereocenters. The first kappa shape index (κ1) is 24.7. The minimum absolute atomic E-state index is 0.123. The molecule has 2 aliphatic rings. The fourth-order valence-corrected chi connectivity index (χ4v) is 6.61. The van der Waals surface area contributed by atoms with Gasteiger partial charge in [-0.15, -0.1) is 0 Å². The summed E-state index contributed by atoms with van der Waals surface area (Å²) in [6.45, 7) is 8.05. The zero-order valence-electron chi connectivity index (χ0n) is 20.2. The normalized spacial score (nSPS) is 18.9. The Balaban J connectivity index is 1.23. The number of aromatic nitrogens is 1. The lowest BCUT2D eigenvalue weighted by atomic mass is 9.96. The van der Waals surface area contributed by atoms with Gasteiger partial charge in [0.05, 0.1) is 7.11 Å². The molecule has 0 unspecified atom stereocenters. The summed E-state index contributed by atoms with van der Waals surface area (Å²) in [5, 5.41) is 3.77. The predicted molar refractivity (Wildman–Crippen MR) is 127 cm³/mol. The molecule has 2 fully saturated rings. The monoisotopic (exact) mass is 490 g/mol. The van der Waals surface area contributed by atoms with Crippen LogP contribution in [0.4, 0.5) is 0 Å². The van der Waals surface area contributed by atoms with E-state index in [1.165, 1.54) is 9.87 Å². The van der Waals surface area contributed by atoms with Gasteiger partial charge < -0.3 is 14.2 Å². The van der Waals surface area contributed by atoms with Gasteiger partial charge in [0.1, 0.15) is 16.3 Å². The Labute approximate surface area is 201 Å². The summed E-state index contributed by atoms with van der Waals surface area (Å²) in [4.78, 5) is 17.6. The van der Waals surface area contributed by atoms with Gasteiger partial charge in [-0.1, -0.05) is 17.3 Å². The Bertz CT molecular complexity index is 1060. The van der Waals surface area contributed by atoms with E-state index in [2.05, 4.69) is 22.2 Å². The zero-order valence-corrected chi connectivity index (χ0v) is 21.0. The quantitative estimate of drug-likeness (QED) is 0.586. The maximum absolute atomic E-state index is 13.1. The average Bonchev–Trinajstić information content (AvgIpc) is 3.21. The van der Waals surface area contributed by atoms with E-state index < -0.39 is 10.0 Å². The number of piperazine rings is 1. The third kappa shape index (κ3) is 5.29. The molecule has 0 N–H and O–H groups in total. The molecule has 9 nitrogen and oxygen atoms in total. The van der Waals surface area contributed by atoms with Crippen LogP contribution in [0, 0.1) is 19.8 Å². The maximum Gasteiger partial charge on any atom is 0.248 e. The smallest absolute Gasteiger partial charge is 0.248 e. The third-order valence-corrected chi connectivity index (χ3v) is 9.07. The van der Waals surface area contributed by atoms with E-state index in [0.717, 1.165) is 44.9 Å². The van der Waals surface area contributed by atoms with Gasteiger partial charge in [-0.25, -0.2) is 8.42 Å². The van der Waals surface area contributed by atoms with Crippen LogP contribution in [-0.2, 0) is 21.2 Å². The number of rotatable bonds is 7. The topological polar surface area (TPSA) is 96.2 Å². The Kier molecular flexibility index (Phi) is 7.59. The first-order chi connectivity index (χ1) is 16.3. The summed E-state index contributed by atoms with van der Waals surface area (Å²) in [5.41, 5.74) is 1.65. The fraction of sp³-hybridized carbons (Fsp3) is 0.583. The SMILES string of the molecule is COc1ccc(CCN2CCN(C(=O)C3CCN(S(=O)(=O)c4c(C)noc4C)CC3)CC2)cc1. The number of sulfonamides is 1. The van der Waals surface area contributed by atoms with Crippen LogP contribution in [0.3, 0.4) is 0 Å². The van der Waals surface area contributed by atoms with Crippen molar-refractivity contribution in [2.45, 2.75) is 38.0 Å². The van der Waals surface area contributed by atoms with E-state index in [9.17, 15) is 13.2 Å². The lowest BCUT2D eigenvalue weighted by molar-refractivity contribution is -0.138. The number of piperidine rings is 1. The predicted octanol–water partition coefficient (Wildman–Crippen LogP) is 2.09. The van der Waals surface area contributed by atoms with Crippen molar-refractivity contribution in [2.75, 3.05) is 52.9 Å². The Morgan fingerprint density at radius 3 is 2.26 bits per heavy atom. The maximum atomic E-state index is 13.1. The van der Waals surface area contributed by atoms with Gasteiger partial charge in [-0.2, -0.15) is 4.31 Å². The summed E-state index contributed by atoms with van der Waals surface area (Å²) in [5.74, 6) is 1.20. The number of carbonyl (C=O) groups excluding carboxylic acids is 1. The molecular formula is C24H34N4O5S. The highest BCUT2D eigenvalue weighted by atomic mass is 32.2. The minimum Gasteiger partial charge on any atom is -0.497 e. The van der Waals surface area contributed by atoms with Gasteiger partial charge in [0.15, 0.2) is 5.76 Å². The van der Waals surface area contributed by atoms with Gasteiger partial charge in [0.2, 0.25) is 15.9 Å². The average molecular weight is 491 g/mol. The highest BCUT2D eigenvalue weighted by Crippen LogP contribution is 2.28. The van der Waals surface area contributed by atoms with Crippen LogP contribution in [0.5, 0.6) is 5.75 Å². The van der Waals surface area contributed by atoms with E-state index in [4.69, 9.17) is 9.26 Å². The van der Waals surface area contributed by atoms with E-state index in [1.54, 1.807) is 21.0 Å². The van der Waals surface area contributed by atoms with Crippen molar-refractivity contribution in [3.8, 4) is 5.75 Å². The molecule has 3 heterocycles. The van der Waals surface area contributed by atoms with Crippen molar-refractivity contribution in [1.82, 2.24) is 19.3 Å². The summed E-state index contributed by atoms with van der Waals surface area (Å²) in [6.07, 6.45) is 2.05. The van der Waals surface area contributed by atoms with Crippen LogP contribution in [0.25, 0.3) is 0 Å². The molecule has 0 aliphatic carbocycles. The Morgan fingerprint density at radius 1 is 1.06 bits per heavy atom. The summed E-state index contributed by atoms with van der Waals surface area (Å²) < 4.78 is 37.8.